The Labute approximate surface area is 179 Å². The van der Waals surface area contributed by atoms with Crippen LogP contribution in [0.4, 0.5) is 0 Å². The number of aryl methyl sites for hydroxylation is 2. The van der Waals surface area contributed by atoms with E-state index in [9.17, 15) is 13.2 Å². The third kappa shape index (κ3) is 4.94. The molecule has 0 radical (unpaired) electrons. The van der Waals surface area contributed by atoms with E-state index in [4.69, 9.17) is 0 Å². The Kier molecular flexibility index (Phi) is 6.24. The van der Waals surface area contributed by atoms with Crippen LogP contribution in [-0.2, 0) is 21.4 Å². The molecular formula is C21H22BrN3O3S. The van der Waals surface area contributed by atoms with E-state index in [2.05, 4.69) is 31.0 Å². The molecule has 0 saturated carbocycles. The van der Waals surface area contributed by atoms with Crippen molar-refractivity contribution in [3.63, 3.8) is 0 Å². The van der Waals surface area contributed by atoms with E-state index < -0.39 is 10.0 Å². The number of nitrogens with zero attached hydrogens (tertiary/aromatic N) is 1. The lowest BCUT2D eigenvalue weighted by Crippen LogP contribution is -2.28. The summed E-state index contributed by atoms with van der Waals surface area (Å²) in [6.07, 6.45) is 0. The number of rotatable bonds is 5. The molecule has 1 aliphatic rings. The zero-order valence-corrected chi connectivity index (χ0v) is 18.8. The van der Waals surface area contributed by atoms with E-state index in [0.29, 0.717) is 17.7 Å². The maximum Gasteiger partial charge on any atom is 0.264 e. The van der Waals surface area contributed by atoms with Gasteiger partial charge in [-0.25, -0.2) is 8.42 Å². The van der Waals surface area contributed by atoms with Crippen LogP contribution in [0.3, 0.4) is 0 Å². The second-order valence-corrected chi connectivity index (χ2v) is 9.47. The van der Waals surface area contributed by atoms with Crippen molar-refractivity contribution in [1.82, 2.24) is 10.0 Å². The van der Waals surface area contributed by atoms with Crippen LogP contribution in [0.5, 0.6) is 0 Å². The van der Waals surface area contributed by atoms with Crippen LogP contribution in [0, 0.1) is 13.8 Å². The molecule has 0 bridgehead atoms. The molecule has 152 valence electrons. The van der Waals surface area contributed by atoms with Gasteiger partial charge in [0.05, 0.1) is 0 Å². The van der Waals surface area contributed by atoms with Gasteiger partial charge in [-0.05, 0) is 55.2 Å². The van der Waals surface area contributed by atoms with Crippen LogP contribution in [0.15, 0.2) is 57.5 Å². The molecule has 0 unspecified atom stereocenters. The minimum Gasteiger partial charge on any atom is -0.350 e. The van der Waals surface area contributed by atoms with Gasteiger partial charge in [0.15, 0.2) is 0 Å². The highest BCUT2D eigenvalue weighted by atomic mass is 79.9. The molecule has 1 heterocycles. The number of nitrogens with one attached hydrogen (secondary N) is 2. The van der Waals surface area contributed by atoms with Gasteiger partial charge in [-0.15, -0.1) is 0 Å². The van der Waals surface area contributed by atoms with Gasteiger partial charge >= 0.3 is 0 Å². The molecule has 1 aliphatic heterocycles. The monoisotopic (exact) mass is 475 g/mol. The number of carbonyl (C=O) groups excluding carboxylic acids is 1. The van der Waals surface area contributed by atoms with Crippen molar-refractivity contribution in [2.75, 3.05) is 6.54 Å². The van der Waals surface area contributed by atoms with Crippen LogP contribution in [-0.4, -0.2) is 26.7 Å². The largest absolute Gasteiger partial charge is 0.350 e. The van der Waals surface area contributed by atoms with Gasteiger partial charge in [-0.3, -0.25) is 14.5 Å². The summed E-state index contributed by atoms with van der Waals surface area (Å²) in [6, 6.07) is 13.2. The lowest BCUT2D eigenvalue weighted by Gasteiger charge is -2.06. The summed E-state index contributed by atoms with van der Waals surface area (Å²) >= 11 is 3.39. The van der Waals surface area contributed by atoms with E-state index in [1.165, 1.54) is 0 Å². The zero-order valence-electron chi connectivity index (χ0n) is 16.4. The fraction of sp³-hybridized carbons (Fsp3) is 0.238. The number of hydrogen-bond acceptors (Lipinski definition) is 4. The number of amides is 1. The van der Waals surface area contributed by atoms with Crippen molar-refractivity contribution < 1.29 is 13.2 Å². The zero-order chi connectivity index (χ0) is 21.2. The quantitative estimate of drug-likeness (QED) is 0.693. The van der Waals surface area contributed by atoms with Crippen molar-refractivity contribution in [1.29, 1.82) is 0 Å². The van der Waals surface area contributed by atoms with E-state index in [1.807, 2.05) is 50.2 Å². The molecule has 0 spiro atoms. The fourth-order valence-electron chi connectivity index (χ4n) is 3.02. The number of halogens is 1. The van der Waals surface area contributed by atoms with Crippen LogP contribution >= 0.6 is 15.9 Å². The molecular weight excluding hydrogens is 454 g/mol. The first-order valence-electron chi connectivity index (χ1n) is 9.04. The first-order valence-corrected chi connectivity index (χ1v) is 11.3. The van der Waals surface area contributed by atoms with E-state index in [1.54, 1.807) is 13.0 Å². The first-order chi connectivity index (χ1) is 13.7. The second kappa shape index (κ2) is 8.51. The summed E-state index contributed by atoms with van der Waals surface area (Å²) in [5.41, 5.74) is 4.17. The van der Waals surface area contributed by atoms with Crippen LogP contribution in [0.1, 0.15) is 29.2 Å². The Bertz CT molecular complexity index is 1140. The van der Waals surface area contributed by atoms with Crippen LogP contribution < -0.4 is 10.0 Å². The maximum absolute atomic E-state index is 12.6. The fourth-order valence-corrected chi connectivity index (χ4v) is 4.98. The summed E-state index contributed by atoms with van der Waals surface area (Å²) < 4.78 is 28.6. The minimum absolute atomic E-state index is 0.163. The highest BCUT2D eigenvalue weighted by molar-refractivity contribution is 9.10. The van der Waals surface area contributed by atoms with Crippen molar-refractivity contribution in [3.8, 4) is 0 Å². The van der Waals surface area contributed by atoms with Gasteiger partial charge in [0.2, 0.25) is 5.91 Å². The van der Waals surface area contributed by atoms with Gasteiger partial charge in [0.25, 0.3) is 10.0 Å². The Hall–Kier alpha value is -2.45. The summed E-state index contributed by atoms with van der Waals surface area (Å²) in [7, 11) is -3.71. The molecule has 29 heavy (non-hydrogen) atoms. The molecule has 0 aliphatic carbocycles. The molecule has 0 saturated heterocycles. The van der Waals surface area contributed by atoms with Gasteiger partial charge < -0.3 is 5.32 Å². The van der Waals surface area contributed by atoms with Gasteiger partial charge in [-0.1, -0.05) is 46.3 Å². The molecule has 8 heteroatoms. The number of aliphatic imine (C=N–C) groups is 1. The number of carbonyl (C=O) groups is 1. The Morgan fingerprint density at radius 3 is 2.55 bits per heavy atom. The Balaban J connectivity index is 1.74. The molecule has 0 fully saturated rings. The number of sulfonamides is 1. The third-order valence-corrected chi connectivity index (χ3v) is 6.76. The first kappa shape index (κ1) is 21.3. The summed E-state index contributed by atoms with van der Waals surface area (Å²) in [4.78, 5) is 16.5. The van der Waals surface area contributed by atoms with Crippen molar-refractivity contribution in [2.45, 2.75) is 27.3 Å². The minimum atomic E-state index is -3.71. The molecule has 0 atom stereocenters. The molecule has 1 amide bonds. The average Bonchev–Trinajstić information content (AvgIpc) is 2.89. The molecule has 2 aromatic carbocycles. The SMILES string of the molecule is CC1=C(c2ccc(C)c(C)c2)S(=O)(=O)NC1=NCC(=O)NCc1cccc(Br)c1. The lowest BCUT2D eigenvalue weighted by atomic mass is 10.0. The highest BCUT2D eigenvalue weighted by Crippen LogP contribution is 2.30. The molecule has 6 nitrogen and oxygen atoms in total. The van der Waals surface area contributed by atoms with Gasteiger partial charge in [0, 0.05) is 16.6 Å². The molecule has 2 aromatic rings. The predicted molar refractivity (Wildman–Crippen MR) is 119 cm³/mol. The van der Waals surface area contributed by atoms with Crippen LogP contribution in [0.2, 0.25) is 0 Å². The summed E-state index contributed by atoms with van der Waals surface area (Å²) in [5.74, 6) is -0.0834. The van der Waals surface area contributed by atoms with Crippen LogP contribution in [0.25, 0.3) is 4.91 Å². The normalized spacial score (nSPS) is 16.8. The van der Waals surface area contributed by atoms with Crippen molar-refractivity contribution >= 4 is 42.6 Å². The molecule has 0 aromatic heterocycles. The van der Waals surface area contributed by atoms with Gasteiger partial charge in [0.1, 0.15) is 17.3 Å². The van der Waals surface area contributed by atoms with E-state index >= 15 is 0 Å². The van der Waals surface area contributed by atoms with Crippen molar-refractivity contribution in [2.24, 2.45) is 4.99 Å². The van der Waals surface area contributed by atoms with E-state index in [0.717, 1.165) is 21.2 Å². The second-order valence-electron chi connectivity index (χ2n) is 6.93. The summed E-state index contributed by atoms with van der Waals surface area (Å²) in [6.45, 7) is 5.82. The maximum atomic E-state index is 12.6. The number of hydrogen-bond donors (Lipinski definition) is 2. The highest BCUT2D eigenvalue weighted by Gasteiger charge is 2.32. The topological polar surface area (TPSA) is 87.6 Å². The summed E-state index contributed by atoms with van der Waals surface area (Å²) in [5, 5.41) is 2.78. The van der Waals surface area contributed by atoms with E-state index in [-0.39, 0.29) is 23.2 Å². The van der Waals surface area contributed by atoms with Gasteiger partial charge in [-0.2, -0.15) is 0 Å². The number of benzene rings is 2. The predicted octanol–water partition coefficient (Wildman–Crippen LogP) is 3.44. The molecule has 3 rings (SSSR count). The Morgan fingerprint density at radius 2 is 1.86 bits per heavy atom. The average molecular weight is 476 g/mol. The lowest BCUT2D eigenvalue weighted by molar-refractivity contribution is -0.119. The standard InChI is InChI=1S/C21H22BrN3O3S/c1-13-7-8-17(9-14(13)2)20-15(3)21(25-29(20,27)28)24-12-19(26)23-11-16-5-4-6-18(22)10-16/h4-10H,11-12H2,1-3H3,(H,23,26)(H,24,25). The number of amidine groups is 1. The smallest absolute Gasteiger partial charge is 0.264 e. The third-order valence-electron chi connectivity index (χ3n) is 4.72. The Morgan fingerprint density at radius 1 is 1.10 bits per heavy atom. The van der Waals surface area contributed by atoms with Crippen molar-refractivity contribution in [3.05, 3.63) is 74.8 Å². The molecule has 2 N–H and O–H groups in total.